The number of carbonyl (C=O) groups excluding carboxylic acids is 2. The topological polar surface area (TPSA) is 252 Å². The second-order valence-electron chi connectivity index (χ2n) is 12.6. The zero-order valence-corrected chi connectivity index (χ0v) is 30.3. The van der Waals surface area contributed by atoms with E-state index in [2.05, 4.69) is 25.4 Å². The first-order chi connectivity index (χ1) is 25.8. The fraction of sp³-hybridized carbons (Fsp3) is 0.343. The molecular weight excluding hydrogens is 725 g/mol. The highest BCUT2D eigenvalue weighted by atomic mass is 31.2. The molecule has 6 rings (SSSR count). The Kier molecular flexibility index (Phi) is 11.6. The third-order valence-corrected chi connectivity index (χ3v) is 10.0. The number of hydrogen-bond acceptors (Lipinski definition) is 16. The molecule has 3 heterocycles. The van der Waals surface area contributed by atoms with Crippen molar-refractivity contribution in [2.75, 3.05) is 18.9 Å². The quantitative estimate of drug-likeness (QED) is 0.0365. The van der Waals surface area contributed by atoms with E-state index in [0.29, 0.717) is 11.7 Å². The predicted molar refractivity (Wildman–Crippen MR) is 193 cm³/mol. The van der Waals surface area contributed by atoms with Gasteiger partial charge in [-0.15, -0.1) is 0 Å². The van der Waals surface area contributed by atoms with Crippen LogP contribution in [0.15, 0.2) is 79.1 Å². The maximum Gasteiger partial charge on any atom is 0.460 e. The van der Waals surface area contributed by atoms with Crippen LogP contribution < -0.4 is 25.4 Å². The van der Waals surface area contributed by atoms with E-state index >= 15 is 0 Å². The number of anilines is 1. The van der Waals surface area contributed by atoms with Gasteiger partial charge in [-0.2, -0.15) is 15.1 Å². The maximum atomic E-state index is 14.8. The van der Waals surface area contributed by atoms with Gasteiger partial charge in [0.05, 0.1) is 25.6 Å². The molecule has 54 heavy (non-hydrogen) atoms. The SMILES string of the molecule is CCOc1nc(N)nc2c1ncn2[C@@H]1O[C@H](COP(=O)(N[C@@H](N[C@@H](C)C=O)C(=O)O[C@@H](O)c2ccccc2)Oc2cccc3ccccc23)[C@@H](O)[C@@]1(C)O. The number of aliphatic hydroxyl groups is 3. The van der Waals surface area contributed by atoms with Crippen LogP contribution in [0.25, 0.3) is 21.9 Å². The molecule has 3 aromatic carbocycles. The van der Waals surface area contributed by atoms with Crippen molar-refractivity contribution in [2.24, 2.45) is 0 Å². The van der Waals surface area contributed by atoms with Gasteiger partial charge < -0.3 is 44.6 Å². The first-order valence-corrected chi connectivity index (χ1v) is 18.4. The van der Waals surface area contributed by atoms with E-state index < -0.39 is 62.9 Å². The van der Waals surface area contributed by atoms with E-state index in [1.807, 2.05) is 0 Å². The van der Waals surface area contributed by atoms with Gasteiger partial charge in [-0.1, -0.05) is 66.7 Å². The summed E-state index contributed by atoms with van der Waals surface area (Å²) in [5.41, 5.74) is 4.54. The van der Waals surface area contributed by atoms with Crippen LogP contribution in [0.4, 0.5) is 5.95 Å². The molecule has 0 radical (unpaired) electrons. The zero-order valence-electron chi connectivity index (χ0n) is 29.4. The highest BCUT2D eigenvalue weighted by molar-refractivity contribution is 7.52. The number of nitrogens with one attached hydrogen (secondary N) is 2. The van der Waals surface area contributed by atoms with E-state index in [-0.39, 0.29) is 40.9 Å². The van der Waals surface area contributed by atoms with Gasteiger partial charge in [0.15, 0.2) is 23.6 Å². The van der Waals surface area contributed by atoms with Gasteiger partial charge in [-0.25, -0.2) is 14.3 Å². The van der Waals surface area contributed by atoms with Crippen molar-refractivity contribution in [1.29, 1.82) is 0 Å². The van der Waals surface area contributed by atoms with Crippen LogP contribution in [-0.4, -0.2) is 90.3 Å². The minimum atomic E-state index is -4.75. The molecule has 286 valence electrons. The van der Waals surface area contributed by atoms with Crippen LogP contribution in [-0.2, 0) is 28.2 Å². The molecule has 0 amide bonds. The van der Waals surface area contributed by atoms with Crippen LogP contribution >= 0.6 is 7.75 Å². The molecule has 1 aliphatic heterocycles. The first-order valence-electron chi connectivity index (χ1n) is 16.9. The number of hydrogen-bond donors (Lipinski definition) is 6. The summed E-state index contributed by atoms with van der Waals surface area (Å²) in [6, 6.07) is 19.1. The Morgan fingerprint density at radius 2 is 1.85 bits per heavy atom. The number of nitrogens with two attached hydrogens (primary N) is 1. The molecule has 5 aromatic rings. The van der Waals surface area contributed by atoms with Crippen molar-refractivity contribution in [3.63, 3.8) is 0 Å². The highest BCUT2D eigenvalue weighted by Crippen LogP contribution is 2.48. The van der Waals surface area contributed by atoms with Crippen molar-refractivity contribution < 1.29 is 52.7 Å². The number of aromatic nitrogens is 4. The monoisotopic (exact) mass is 765 g/mol. The summed E-state index contributed by atoms with van der Waals surface area (Å²) >= 11 is 0. The van der Waals surface area contributed by atoms with Crippen LogP contribution in [0.3, 0.4) is 0 Å². The predicted octanol–water partition coefficient (Wildman–Crippen LogP) is 2.50. The molecule has 0 bridgehead atoms. The standard InChI is InChI=1S/C35H40N7O11P/c1-4-49-30-26-29(39-34(36)40-30)42(19-37-26)33-35(3,47)27(44)25(51-33)18-50-54(48,53-24-16-10-14-21-11-8-9-15-23(21)24)41-28(38-20(2)17-43)32(46)52-31(45)22-12-6-5-7-13-22/h5-17,19-20,25,27-28,31,33,38,44-45,47H,4,18H2,1-3H3,(H,41,48)(H2,36,39,40)/t20-,25+,27+,28+,31+,33+,35+,54?/m0/s1. The lowest BCUT2D eigenvalue weighted by Gasteiger charge is -2.28. The smallest absolute Gasteiger partial charge is 0.460 e. The average molecular weight is 766 g/mol. The number of nitrogen functional groups attached to an aromatic ring is 1. The molecule has 1 fully saturated rings. The minimum absolute atomic E-state index is 0.0915. The minimum Gasteiger partial charge on any atom is -0.476 e. The van der Waals surface area contributed by atoms with Crippen molar-refractivity contribution >= 4 is 47.9 Å². The Morgan fingerprint density at radius 1 is 1.13 bits per heavy atom. The van der Waals surface area contributed by atoms with Crippen LogP contribution in [0.2, 0.25) is 0 Å². The van der Waals surface area contributed by atoms with Gasteiger partial charge in [0.2, 0.25) is 18.1 Å². The van der Waals surface area contributed by atoms with Gasteiger partial charge in [-0.3, -0.25) is 14.4 Å². The van der Waals surface area contributed by atoms with Crippen LogP contribution in [0.1, 0.15) is 38.9 Å². The summed E-state index contributed by atoms with van der Waals surface area (Å²) in [6.45, 7) is 4.10. The molecule has 7 N–H and O–H groups in total. The fourth-order valence-electron chi connectivity index (χ4n) is 5.84. The average Bonchev–Trinajstić information content (AvgIpc) is 3.67. The maximum absolute atomic E-state index is 14.8. The van der Waals surface area contributed by atoms with Crippen molar-refractivity contribution in [3.8, 4) is 11.6 Å². The largest absolute Gasteiger partial charge is 0.476 e. The molecule has 0 aliphatic carbocycles. The zero-order chi connectivity index (χ0) is 38.6. The third kappa shape index (κ3) is 8.20. The number of aliphatic hydroxyl groups excluding tert-OH is 2. The van der Waals surface area contributed by atoms with Gasteiger partial charge in [0.1, 0.15) is 29.8 Å². The highest BCUT2D eigenvalue weighted by Gasteiger charge is 2.54. The lowest BCUT2D eigenvalue weighted by Crippen LogP contribution is -2.52. The van der Waals surface area contributed by atoms with Crippen LogP contribution in [0, 0.1) is 0 Å². The Balaban J connectivity index is 1.30. The number of benzene rings is 3. The van der Waals surface area contributed by atoms with E-state index in [9.17, 15) is 29.5 Å². The van der Waals surface area contributed by atoms with Crippen molar-refractivity contribution in [1.82, 2.24) is 29.9 Å². The van der Waals surface area contributed by atoms with Gasteiger partial charge in [-0.05, 0) is 32.2 Å². The summed E-state index contributed by atoms with van der Waals surface area (Å²) < 4.78 is 44.9. The molecule has 0 spiro atoms. The number of carbonyl (C=O) groups is 2. The van der Waals surface area contributed by atoms with Crippen molar-refractivity contribution in [3.05, 3.63) is 84.7 Å². The molecule has 18 nitrogen and oxygen atoms in total. The lowest BCUT2D eigenvalue weighted by molar-refractivity contribution is -0.172. The first kappa shape index (κ1) is 38.7. The Hall–Kier alpha value is -5.04. The number of esters is 1. The van der Waals surface area contributed by atoms with E-state index in [4.69, 9.17) is 29.0 Å². The Labute approximate surface area is 308 Å². The molecular formula is C35H40N7O11P. The Bertz CT molecular complexity index is 2150. The molecule has 1 aliphatic rings. The fourth-order valence-corrected chi connectivity index (χ4v) is 7.28. The summed E-state index contributed by atoms with van der Waals surface area (Å²) in [5, 5.41) is 39.9. The van der Waals surface area contributed by atoms with Gasteiger partial charge in [0, 0.05) is 10.9 Å². The second-order valence-corrected chi connectivity index (χ2v) is 14.3. The van der Waals surface area contributed by atoms with E-state index in [1.54, 1.807) is 61.5 Å². The summed E-state index contributed by atoms with van der Waals surface area (Å²) in [5.74, 6) is -1.10. The normalized spacial score (nSPS) is 22.7. The van der Waals surface area contributed by atoms with Crippen molar-refractivity contribution in [2.45, 2.75) is 63.3 Å². The third-order valence-electron chi connectivity index (χ3n) is 8.54. The Morgan fingerprint density at radius 3 is 2.59 bits per heavy atom. The summed E-state index contributed by atoms with van der Waals surface area (Å²) in [7, 11) is -4.75. The number of nitrogens with zero attached hydrogens (tertiary/aromatic N) is 4. The summed E-state index contributed by atoms with van der Waals surface area (Å²) in [4.78, 5) is 37.8. The molecule has 1 unspecified atom stereocenters. The molecule has 2 aromatic heterocycles. The number of aldehydes is 1. The van der Waals surface area contributed by atoms with Crippen LogP contribution in [0.5, 0.6) is 11.6 Å². The number of ether oxygens (including phenoxy) is 3. The second kappa shape index (κ2) is 16.1. The van der Waals surface area contributed by atoms with Gasteiger partial charge >= 0.3 is 13.7 Å². The van der Waals surface area contributed by atoms with E-state index in [0.717, 1.165) is 5.39 Å². The number of fused-ring (bicyclic) bond motifs is 2. The molecule has 8 atom stereocenters. The number of rotatable bonds is 16. The number of imidazole rings is 1. The molecule has 1 saturated heterocycles. The molecule has 0 saturated carbocycles. The van der Waals surface area contributed by atoms with Gasteiger partial charge in [0.25, 0.3) is 0 Å². The summed E-state index contributed by atoms with van der Waals surface area (Å²) in [6.07, 6.45) is -5.99. The van der Waals surface area contributed by atoms with E-state index in [1.165, 1.54) is 42.9 Å². The molecule has 19 heteroatoms. The lowest BCUT2D eigenvalue weighted by atomic mass is 9.96.